The van der Waals surface area contributed by atoms with Crippen molar-refractivity contribution in [3.63, 3.8) is 0 Å². The fourth-order valence-corrected chi connectivity index (χ4v) is 6.03. The van der Waals surface area contributed by atoms with Crippen LogP contribution in [0.5, 0.6) is 0 Å². The maximum absolute atomic E-state index is 2.44. The molecule has 0 unspecified atom stereocenters. The van der Waals surface area contributed by atoms with Crippen LogP contribution in [-0.4, -0.2) is 0 Å². The van der Waals surface area contributed by atoms with Gasteiger partial charge in [-0.3, -0.25) is 0 Å². The normalized spacial score (nSPS) is 16.4. The molecule has 152 valence electrons. The molecule has 0 amide bonds. The van der Waals surface area contributed by atoms with Gasteiger partial charge in [-0.15, -0.1) is 0 Å². The van der Waals surface area contributed by atoms with Gasteiger partial charge in [0, 0.05) is 10.8 Å². The first kappa shape index (κ1) is 18.6. The summed E-state index contributed by atoms with van der Waals surface area (Å²) in [5, 5.41) is 0. The molecule has 31 heavy (non-hydrogen) atoms. The molecule has 0 saturated heterocycles. The Morgan fingerprint density at radius 1 is 0.484 bits per heavy atom. The molecular formula is C31H28. The highest BCUT2D eigenvalue weighted by molar-refractivity contribution is 5.87. The summed E-state index contributed by atoms with van der Waals surface area (Å²) in [5.74, 6) is 0. The number of hydrogen-bond acceptors (Lipinski definition) is 0. The Balaban J connectivity index is 1.51. The Morgan fingerprint density at radius 2 is 1.03 bits per heavy atom. The molecular weight excluding hydrogens is 372 g/mol. The zero-order valence-corrected chi connectivity index (χ0v) is 19.0. The van der Waals surface area contributed by atoms with Crippen molar-refractivity contribution >= 4 is 0 Å². The van der Waals surface area contributed by atoms with Gasteiger partial charge in [-0.1, -0.05) is 94.4 Å². The van der Waals surface area contributed by atoms with Crippen molar-refractivity contribution in [1.82, 2.24) is 0 Å². The largest absolute Gasteiger partial charge is 0.0619 e. The Morgan fingerprint density at radius 3 is 1.77 bits per heavy atom. The van der Waals surface area contributed by atoms with Crippen LogP contribution in [0.1, 0.15) is 55.5 Å². The Hall–Kier alpha value is -3.12. The summed E-state index contributed by atoms with van der Waals surface area (Å²) in [6.07, 6.45) is 0. The summed E-state index contributed by atoms with van der Waals surface area (Å²) in [6.45, 7) is 11.7. The van der Waals surface area contributed by atoms with E-state index in [1.54, 1.807) is 0 Å². The van der Waals surface area contributed by atoms with Crippen LogP contribution in [0.3, 0.4) is 0 Å². The molecule has 0 heteroatoms. The molecule has 0 spiro atoms. The second kappa shape index (κ2) is 5.98. The van der Waals surface area contributed by atoms with Crippen LogP contribution in [-0.2, 0) is 10.8 Å². The van der Waals surface area contributed by atoms with E-state index in [0.717, 1.165) is 0 Å². The Bertz CT molecular complexity index is 1380. The third-order valence-corrected chi connectivity index (χ3v) is 7.83. The maximum atomic E-state index is 2.44. The van der Waals surface area contributed by atoms with Crippen molar-refractivity contribution < 1.29 is 0 Å². The van der Waals surface area contributed by atoms with E-state index < -0.39 is 0 Å². The quantitative estimate of drug-likeness (QED) is 0.301. The first-order valence-electron chi connectivity index (χ1n) is 11.3. The van der Waals surface area contributed by atoms with Crippen LogP contribution in [0, 0.1) is 6.92 Å². The van der Waals surface area contributed by atoms with Crippen molar-refractivity contribution in [3.05, 3.63) is 107 Å². The van der Waals surface area contributed by atoms with Gasteiger partial charge in [0.05, 0.1) is 0 Å². The molecule has 0 fully saturated rings. The molecule has 0 heterocycles. The van der Waals surface area contributed by atoms with Crippen LogP contribution in [0.4, 0.5) is 0 Å². The van der Waals surface area contributed by atoms with E-state index in [4.69, 9.17) is 0 Å². The molecule has 0 nitrogen and oxygen atoms in total. The summed E-state index contributed by atoms with van der Waals surface area (Å²) in [6, 6.07) is 29.8. The highest BCUT2D eigenvalue weighted by Gasteiger charge is 2.37. The monoisotopic (exact) mass is 400 g/mol. The number of fused-ring (bicyclic) bond motifs is 6. The van der Waals surface area contributed by atoms with Crippen molar-refractivity contribution in [2.24, 2.45) is 0 Å². The number of aryl methyl sites for hydroxylation is 1. The van der Waals surface area contributed by atoms with Crippen LogP contribution >= 0.6 is 0 Å². The van der Waals surface area contributed by atoms with Crippen molar-refractivity contribution in [1.29, 1.82) is 0 Å². The lowest BCUT2D eigenvalue weighted by Gasteiger charge is -2.23. The highest BCUT2D eigenvalue weighted by atomic mass is 14.4. The molecule has 0 N–H and O–H groups in total. The average Bonchev–Trinajstić information content (AvgIpc) is 3.14. The number of rotatable bonds is 1. The van der Waals surface area contributed by atoms with Crippen LogP contribution < -0.4 is 0 Å². The predicted octanol–water partition coefficient (Wildman–Crippen LogP) is 8.27. The van der Waals surface area contributed by atoms with Gasteiger partial charge in [0.25, 0.3) is 0 Å². The maximum Gasteiger partial charge on any atom is 0.0159 e. The number of benzene rings is 4. The fourth-order valence-electron chi connectivity index (χ4n) is 6.03. The molecule has 0 saturated carbocycles. The molecule has 0 aromatic heterocycles. The van der Waals surface area contributed by atoms with Crippen LogP contribution in [0.2, 0.25) is 0 Å². The molecule has 0 radical (unpaired) electrons. The zero-order chi connectivity index (χ0) is 21.5. The summed E-state index contributed by atoms with van der Waals surface area (Å²) < 4.78 is 0. The lowest BCUT2D eigenvalue weighted by atomic mass is 9.80. The molecule has 0 atom stereocenters. The summed E-state index contributed by atoms with van der Waals surface area (Å²) in [4.78, 5) is 0. The fraction of sp³-hybridized carbons (Fsp3) is 0.226. The van der Waals surface area contributed by atoms with E-state index in [-0.39, 0.29) is 10.8 Å². The smallest absolute Gasteiger partial charge is 0.0159 e. The van der Waals surface area contributed by atoms with Gasteiger partial charge in [0.1, 0.15) is 0 Å². The summed E-state index contributed by atoms with van der Waals surface area (Å²) >= 11 is 0. The van der Waals surface area contributed by atoms with Gasteiger partial charge in [-0.05, 0) is 80.3 Å². The minimum absolute atomic E-state index is 0.0267. The summed E-state index contributed by atoms with van der Waals surface area (Å²) in [5.41, 5.74) is 15.4. The molecule has 4 aromatic rings. The second-order valence-corrected chi connectivity index (χ2v) is 10.3. The van der Waals surface area contributed by atoms with Crippen LogP contribution in [0.15, 0.2) is 78.9 Å². The SMILES string of the molecule is Cc1cccc2c1-c1ccc(-c3ccc4c(c3)C(C)(C)c3ccccc3-4)cc1C2(C)C. The lowest BCUT2D eigenvalue weighted by molar-refractivity contribution is 0.659. The van der Waals surface area contributed by atoms with E-state index >= 15 is 0 Å². The first-order chi connectivity index (χ1) is 14.8. The topological polar surface area (TPSA) is 0 Å². The Labute approximate surface area is 185 Å². The second-order valence-electron chi connectivity index (χ2n) is 10.3. The van der Waals surface area contributed by atoms with Gasteiger partial charge < -0.3 is 0 Å². The minimum atomic E-state index is 0.0267. The van der Waals surface area contributed by atoms with E-state index in [2.05, 4.69) is 113 Å². The van der Waals surface area contributed by atoms with Crippen molar-refractivity contribution in [2.45, 2.75) is 45.4 Å². The molecule has 0 aliphatic heterocycles. The number of hydrogen-bond donors (Lipinski definition) is 0. The van der Waals surface area contributed by atoms with Gasteiger partial charge in [-0.2, -0.15) is 0 Å². The molecule has 6 rings (SSSR count). The van der Waals surface area contributed by atoms with Gasteiger partial charge in [0.2, 0.25) is 0 Å². The first-order valence-corrected chi connectivity index (χ1v) is 11.3. The van der Waals surface area contributed by atoms with Crippen molar-refractivity contribution in [2.75, 3.05) is 0 Å². The lowest BCUT2D eigenvalue weighted by Crippen LogP contribution is -2.15. The average molecular weight is 401 g/mol. The Kier molecular flexibility index (Phi) is 3.59. The van der Waals surface area contributed by atoms with E-state index in [1.165, 1.54) is 61.2 Å². The van der Waals surface area contributed by atoms with Crippen LogP contribution in [0.25, 0.3) is 33.4 Å². The standard InChI is InChI=1S/C31H28/c1-19-9-8-12-26-29(19)24-16-14-21(18-28(24)31(26,4)5)20-13-15-23-22-10-6-7-11-25(22)30(2,3)27(23)17-20/h6-18H,1-5H3. The third-order valence-electron chi connectivity index (χ3n) is 7.83. The minimum Gasteiger partial charge on any atom is -0.0619 e. The van der Waals surface area contributed by atoms with E-state index in [0.29, 0.717) is 0 Å². The zero-order valence-electron chi connectivity index (χ0n) is 19.0. The third kappa shape index (κ3) is 2.36. The van der Waals surface area contributed by atoms with Crippen molar-refractivity contribution in [3.8, 4) is 33.4 Å². The van der Waals surface area contributed by atoms with E-state index in [9.17, 15) is 0 Å². The van der Waals surface area contributed by atoms with E-state index in [1.807, 2.05) is 0 Å². The molecule has 2 aliphatic carbocycles. The van der Waals surface area contributed by atoms with Gasteiger partial charge in [-0.25, -0.2) is 0 Å². The van der Waals surface area contributed by atoms with Gasteiger partial charge in [0.15, 0.2) is 0 Å². The summed E-state index contributed by atoms with van der Waals surface area (Å²) in [7, 11) is 0. The molecule has 4 aromatic carbocycles. The molecule has 2 aliphatic rings. The predicted molar refractivity (Wildman–Crippen MR) is 132 cm³/mol. The molecule has 0 bridgehead atoms. The van der Waals surface area contributed by atoms with Gasteiger partial charge >= 0.3 is 0 Å². The highest BCUT2D eigenvalue weighted by Crippen LogP contribution is 2.52.